The van der Waals surface area contributed by atoms with Crippen LogP contribution in [0.1, 0.15) is 13.3 Å². The van der Waals surface area contributed by atoms with E-state index in [1.54, 1.807) is 0 Å². The molecule has 102 valence electrons. The summed E-state index contributed by atoms with van der Waals surface area (Å²) in [6.07, 6.45) is 1.33. The quantitative estimate of drug-likeness (QED) is 0.611. The van der Waals surface area contributed by atoms with E-state index in [1.165, 1.54) is 0 Å². The van der Waals surface area contributed by atoms with Gasteiger partial charge < -0.3 is 10.6 Å². The zero-order valence-corrected chi connectivity index (χ0v) is 10.8. The number of halogens is 1. The van der Waals surface area contributed by atoms with Gasteiger partial charge in [0.2, 0.25) is 16.0 Å². The Kier molecular flexibility index (Phi) is 5.23. The van der Waals surface area contributed by atoms with Crippen LogP contribution in [-0.2, 0) is 10.0 Å². The van der Waals surface area contributed by atoms with E-state index in [0.717, 1.165) is 6.20 Å². The van der Waals surface area contributed by atoms with Crippen LogP contribution in [0.25, 0.3) is 0 Å². The summed E-state index contributed by atoms with van der Waals surface area (Å²) in [5.41, 5.74) is 0. The smallest absolute Gasteiger partial charge is 0.224 e. The maximum Gasteiger partial charge on any atom is 0.224 e. The van der Waals surface area contributed by atoms with Crippen molar-refractivity contribution in [1.29, 1.82) is 0 Å². The highest BCUT2D eigenvalue weighted by atomic mass is 32.2. The van der Waals surface area contributed by atoms with E-state index in [9.17, 15) is 12.8 Å². The molecule has 7 nitrogen and oxygen atoms in total. The number of nitrogens with one attached hydrogen (secondary N) is 2. The van der Waals surface area contributed by atoms with Gasteiger partial charge in [0, 0.05) is 13.1 Å². The zero-order valence-electron chi connectivity index (χ0n) is 9.98. The summed E-state index contributed by atoms with van der Waals surface area (Å²) in [4.78, 5) is 7.65. The highest BCUT2D eigenvalue weighted by molar-refractivity contribution is 7.89. The highest BCUT2D eigenvalue weighted by Gasteiger charge is 2.07. The molecule has 1 aromatic rings. The monoisotopic (exact) mass is 277 g/mol. The summed E-state index contributed by atoms with van der Waals surface area (Å²) in [5, 5.41) is 10.4. The van der Waals surface area contributed by atoms with Gasteiger partial charge in [-0.05, 0) is 13.3 Å². The first-order valence-corrected chi connectivity index (χ1v) is 7.14. The lowest BCUT2D eigenvalue weighted by atomic mass is 10.4. The molecule has 0 aliphatic heterocycles. The summed E-state index contributed by atoms with van der Waals surface area (Å²) in [5.74, 6) is -0.400. The molecule has 0 atom stereocenters. The van der Waals surface area contributed by atoms with Gasteiger partial charge in [-0.1, -0.05) is 0 Å². The fourth-order valence-corrected chi connectivity index (χ4v) is 1.76. The maximum absolute atomic E-state index is 13.3. The molecule has 18 heavy (non-hydrogen) atoms. The highest BCUT2D eigenvalue weighted by Crippen LogP contribution is 2.11. The van der Waals surface area contributed by atoms with E-state index in [-0.39, 0.29) is 24.5 Å². The largest absolute Gasteiger partial charge is 0.367 e. The van der Waals surface area contributed by atoms with Crippen LogP contribution in [-0.4, -0.2) is 37.2 Å². The Labute approximate surface area is 105 Å². The summed E-state index contributed by atoms with van der Waals surface area (Å²) in [6, 6.07) is 0. The number of aromatic nitrogens is 2. The van der Waals surface area contributed by atoms with Crippen LogP contribution < -0.4 is 15.8 Å². The first-order valence-electron chi connectivity index (χ1n) is 5.43. The van der Waals surface area contributed by atoms with Crippen LogP contribution in [0.5, 0.6) is 0 Å². The average Bonchev–Trinajstić information content (AvgIpc) is 2.27. The van der Waals surface area contributed by atoms with Crippen molar-refractivity contribution in [1.82, 2.24) is 9.97 Å². The van der Waals surface area contributed by atoms with E-state index in [4.69, 9.17) is 5.14 Å². The van der Waals surface area contributed by atoms with Gasteiger partial charge >= 0.3 is 0 Å². The fraction of sp³-hybridized carbons (Fsp3) is 0.556. The Hall–Kier alpha value is -1.48. The molecular formula is C9H16FN5O2S. The molecule has 0 aliphatic carbocycles. The van der Waals surface area contributed by atoms with Crippen LogP contribution >= 0.6 is 0 Å². The van der Waals surface area contributed by atoms with Gasteiger partial charge in [0.25, 0.3) is 0 Å². The summed E-state index contributed by atoms with van der Waals surface area (Å²) in [7, 11) is -3.48. The van der Waals surface area contributed by atoms with Crippen molar-refractivity contribution < 1.29 is 12.8 Å². The third kappa shape index (κ3) is 5.23. The second-order valence-corrected chi connectivity index (χ2v) is 5.30. The third-order valence-corrected chi connectivity index (χ3v) is 2.83. The molecule has 0 amide bonds. The lowest BCUT2D eigenvalue weighted by molar-refractivity contribution is 0.595. The second kappa shape index (κ2) is 6.45. The van der Waals surface area contributed by atoms with Crippen LogP contribution in [0.3, 0.4) is 0 Å². The summed E-state index contributed by atoms with van der Waals surface area (Å²) < 4.78 is 34.7. The number of anilines is 2. The van der Waals surface area contributed by atoms with Crippen molar-refractivity contribution in [2.75, 3.05) is 29.5 Å². The van der Waals surface area contributed by atoms with Crippen molar-refractivity contribution in [3.05, 3.63) is 12.0 Å². The van der Waals surface area contributed by atoms with Crippen molar-refractivity contribution in [3.8, 4) is 0 Å². The molecule has 0 spiro atoms. The summed E-state index contributed by atoms with van der Waals surface area (Å²) in [6.45, 7) is 2.75. The van der Waals surface area contributed by atoms with Gasteiger partial charge in [-0.2, -0.15) is 4.98 Å². The topological polar surface area (TPSA) is 110 Å². The third-order valence-electron chi connectivity index (χ3n) is 1.98. The first-order chi connectivity index (χ1) is 8.42. The molecule has 0 aliphatic rings. The van der Waals surface area contributed by atoms with Crippen LogP contribution in [0.4, 0.5) is 16.2 Å². The molecule has 0 saturated heterocycles. The standard InChI is InChI=1S/C9H16FN5O2S/c1-2-12-9-14-6-7(10)8(15-9)13-4-3-5-18(11,16)17/h6H,2-5H2,1H3,(H2,11,16,17)(H2,12,13,14,15). The molecule has 0 bridgehead atoms. The number of sulfonamides is 1. The van der Waals surface area contributed by atoms with E-state index in [2.05, 4.69) is 20.6 Å². The molecular weight excluding hydrogens is 261 g/mol. The Morgan fingerprint density at radius 3 is 2.78 bits per heavy atom. The van der Waals surface area contributed by atoms with Crippen molar-refractivity contribution in [3.63, 3.8) is 0 Å². The van der Waals surface area contributed by atoms with Gasteiger partial charge in [-0.15, -0.1) is 0 Å². The molecule has 0 fully saturated rings. The Bertz CT molecular complexity index is 494. The molecule has 4 N–H and O–H groups in total. The van der Waals surface area contributed by atoms with Crippen LogP contribution in [0.15, 0.2) is 6.20 Å². The lowest BCUT2D eigenvalue weighted by Gasteiger charge is -2.08. The lowest BCUT2D eigenvalue weighted by Crippen LogP contribution is -2.19. The number of hydrogen-bond acceptors (Lipinski definition) is 6. The normalized spacial score (nSPS) is 11.3. The molecule has 1 heterocycles. The van der Waals surface area contributed by atoms with E-state index >= 15 is 0 Å². The van der Waals surface area contributed by atoms with Crippen molar-refractivity contribution in [2.45, 2.75) is 13.3 Å². The molecule has 9 heteroatoms. The van der Waals surface area contributed by atoms with Gasteiger partial charge in [0.1, 0.15) is 0 Å². The zero-order chi connectivity index (χ0) is 13.6. The van der Waals surface area contributed by atoms with Crippen molar-refractivity contribution >= 4 is 21.8 Å². The van der Waals surface area contributed by atoms with Gasteiger partial charge in [-0.3, -0.25) is 0 Å². The first kappa shape index (κ1) is 14.6. The SMILES string of the molecule is CCNc1ncc(F)c(NCCCS(N)(=O)=O)n1. The second-order valence-electron chi connectivity index (χ2n) is 3.57. The molecule has 0 unspecified atom stereocenters. The molecule has 0 radical (unpaired) electrons. The summed E-state index contributed by atoms with van der Waals surface area (Å²) >= 11 is 0. The molecule has 1 rings (SSSR count). The van der Waals surface area contributed by atoms with Gasteiger partial charge in [0.05, 0.1) is 11.9 Å². The molecule has 0 aromatic carbocycles. The van der Waals surface area contributed by atoms with E-state index in [1.807, 2.05) is 6.92 Å². The van der Waals surface area contributed by atoms with E-state index in [0.29, 0.717) is 12.5 Å². The number of nitrogens with zero attached hydrogens (tertiary/aromatic N) is 2. The maximum atomic E-state index is 13.3. The molecule has 0 saturated carbocycles. The Morgan fingerprint density at radius 1 is 1.44 bits per heavy atom. The van der Waals surface area contributed by atoms with E-state index < -0.39 is 15.8 Å². The number of hydrogen-bond donors (Lipinski definition) is 3. The number of rotatable bonds is 7. The van der Waals surface area contributed by atoms with Gasteiger partial charge in [0.15, 0.2) is 11.6 Å². The Morgan fingerprint density at radius 2 is 2.17 bits per heavy atom. The predicted molar refractivity (Wildman–Crippen MR) is 67.2 cm³/mol. The average molecular weight is 277 g/mol. The van der Waals surface area contributed by atoms with Crippen LogP contribution in [0.2, 0.25) is 0 Å². The Balaban J connectivity index is 2.53. The minimum atomic E-state index is -3.48. The molecule has 1 aromatic heterocycles. The number of primary sulfonamides is 1. The minimum absolute atomic E-state index is 0.0374. The fourth-order valence-electron chi connectivity index (χ4n) is 1.21. The van der Waals surface area contributed by atoms with Gasteiger partial charge in [-0.25, -0.2) is 22.9 Å². The predicted octanol–water partition coefficient (Wildman–Crippen LogP) is 0.138. The van der Waals surface area contributed by atoms with Crippen molar-refractivity contribution in [2.24, 2.45) is 5.14 Å². The van der Waals surface area contributed by atoms with Crippen LogP contribution in [0, 0.1) is 5.82 Å². The number of nitrogens with two attached hydrogens (primary N) is 1. The minimum Gasteiger partial charge on any atom is -0.367 e.